The molecule has 1 aromatic heterocycles. The summed E-state index contributed by atoms with van der Waals surface area (Å²) >= 11 is 1.73. The second-order valence-electron chi connectivity index (χ2n) is 7.64. The molecule has 0 spiro atoms. The third kappa shape index (κ3) is 5.73. The average molecular weight is 516 g/mol. The lowest BCUT2D eigenvalue weighted by Gasteiger charge is -2.22. The van der Waals surface area contributed by atoms with Gasteiger partial charge in [0, 0.05) is 44.4 Å². The lowest BCUT2D eigenvalue weighted by atomic mass is 9.93. The molecule has 6 nitrogen and oxygen atoms in total. The van der Waals surface area contributed by atoms with Crippen molar-refractivity contribution in [3.05, 3.63) is 39.8 Å². The van der Waals surface area contributed by atoms with Crippen LogP contribution in [0.1, 0.15) is 37.0 Å². The Balaban J connectivity index is 0.00000280. The highest BCUT2D eigenvalue weighted by atomic mass is 127. The van der Waals surface area contributed by atoms with E-state index in [4.69, 9.17) is 14.5 Å². The summed E-state index contributed by atoms with van der Waals surface area (Å²) in [6.07, 6.45) is 0.887. The zero-order valence-electron chi connectivity index (χ0n) is 17.1. The van der Waals surface area contributed by atoms with E-state index < -0.39 is 0 Å². The lowest BCUT2D eigenvalue weighted by molar-refractivity contribution is 0.174. The van der Waals surface area contributed by atoms with Gasteiger partial charge in [-0.3, -0.25) is 4.99 Å². The van der Waals surface area contributed by atoms with Crippen molar-refractivity contribution in [2.45, 2.75) is 39.2 Å². The van der Waals surface area contributed by atoms with Crippen LogP contribution in [0.25, 0.3) is 0 Å². The van der Waals surface area contributed by atoms with Crippen molar-refractivity contribution in [2.75, 3.05) is 27.4 Å². The lowest BCUT2D eigenvalue weighted by Crippen LogP contribution is -2.39. The Morgan fingerprint density at radius 2 is 2.04 bits per heavy atom. The highest BCUT2D eigenvalue weighted by Gasteiger charge is 2.17. The molecule has 1 aromatic carbocycles. The molecule has 0 radical (unpaired) electrons. The van der Waals surface area contributed by atoms with E-state index in [0.29, 0.717) is 6.79 Å². The number of hydrogen-bond acceptors (Lipinski definition) is 5. The number of guanidine groups is 1. The molecule has 3 rings (SSSR count). The first-order valence-corrected chi connectivity index (χ1v) is 10.00. The van der Waals surface area contributed by atoms with E-state index >= 15 is 0 Å². The van der Waals surface area contributed by atoms with E-state index in [1.54, 1.807) is 18.4 Å². The summed E-state index contributed by atoms with van der Waals surface area (Å²) < 4.78 is 10.8. The van der Waals surface area contributed by atoms with Crippen molar-refractivity contribution < 1.29 is 9.47 Å². The fraction of sp³-hybridized carbons (Fsp3) is 0.500. The topological polar surface area (TPSA) is 59.0 Å². The molecule has 1 N–H and O–H groups in total. The molecule has 0 aliphatic carbocycles. The van der Waals surface area contributed by atoms with Crippen LogP contribution in [-0.4, -0.2) is 43.3 Å². The van der Waals surface area contributed by atoms with E-state index in [-0.39, 0.29) is 29.4 Å². The number of nitrogens with zero attached hydrogens (tertiary/aromatic N) is 3. The van der Waals surface area contributed by atoms with Crippen molar-refractivity contribution in [1.29, 1.82) is 0 Å². The summed E-state index contributed by atoms with van der Waals surface area (Å²) in [6.45, 7) is 8.41. The van der Waals surface area contributed by atoms with Gasteiger partial charge >= 0.3 is 0 Å². The maximum absolute atomic E-state index is 5.45. The smallest absolute Gasteiger partial charge is 0.231 e. The first-order valence-electron chi connectivity index (χ1n) is 9.12. The second kappa shape index (κ2) is 9.78. The number of aliphatic imine (C=N–C) groups is 1. The van der Waals surface area contributed by atoms with Crippen LogP contribution in [0.2, 0.25) is 0 Å². The van der Waals surface area contributed by atoms with Gasteiger partial charge in [-0.1, -0.05) is 26.8 Å². The molecule has 0 atom stereocenters. The van der Waals surface area contributed by atoms with Crippen LogP contribution in [0.3, 0.4) is 0 Å². The van der Waals surface area contributed by atoms with Gasteiger partial charge in [0.25, 0.3) is 0 Å². The van der Waals surface area contributed by atoms with Crippen molar-refractivity contribution in [3.8, 4) is 11.5 Å². The largest absolute Gasteiger partial charge is 0.454 e. The maximum atomic E-state index is 5.45. The molecule has 0 unspecified atom stereocenters. The number of nitrogens with one attached hydrogen (secondary N) is 1. The summed E-state index contributed by atoms with van der Waals surface area (Å²) in [7, 11) is 3.83. The molecule has 1 aliphatic heterocycles. The number of thiazole rings is 1. The van der Waals surface area contributed by atoms with E-state index in [1.807, 2.05) is 19.2 Å². The predicted octanol–water partition coefficient (Wildman–Crippen LogP) is 4.04. The molecule has 2 heterocycles. The van der Waals surface area contributed by atoms with E-state index in [1.165, 1.54) is 0 Å². The van der Waals surface area contributed by atoms with E-state index in [9.17, 15) is 0 Å². The SMILES string of the molecule is CN=C(NCCc1nc(C(C)(C)C)cs1)N(C)Cc1ccc2c(c1)OCO2.I. The molecule has 0 saturated heterocycles. The first-order chi connectivity index (χ1) is 12.9. The Kier molecular flexibility index (Phi) is 7.94. The van der Waals surface area contributed by atoms with Crippen molar-refractivity contribution in [1.82, 2.24) is 15.2 Å². The summed E-state index contributed by atoms with van der Waals surface area (Å²) in [6, 6.07) is 6.04. The highest BCUT2D eigenvalue weighted by molar-refractivity contribution is 14.0. The molecule has 0 fully saturated rings. The van der Waals surface area contributed by atoms with Crippen LogP contribution in [0.15, 0.2) is 28.6 Å². The van der Waals surface area contributed by atoms with E-state index in [2.05, 4.69) is 47.4 Å². The molecule has 28 heavy (non-hydrogen) atoms. The Morgan fingerprint density at radius 1 is 1.29 bits per heavy atom. The van der Waals surface area contributed by atoms with Crippen LogP contribution < -0.4 is 14.8 Å². The van der Waals surface area contributed by atoms with Gasteiger partial charge in [0.05, 0.1) is 10.7 Å². The van der Waals surface area contributed by atoms with Gasteiger partial charge in [-0.15, -0.1) is 35.3 Å². The van der Waals surface area contributed by atoms with Gasteiger partial charge in [-0.2, -0.15) is 0 Å². The van der Waals surface area contributed by atoms with Crippen LogP contribution in [-0.2, 0) is 18.4 Å². The zero-order chi connectivity index (χ0) is 19.4. The third-order valence-electron chi connectivity index (χ3n) is 4.37. The Morgan fingerprint density at radius 3 is 2.71 bits per heavy atom. The molecule has 0 amide bonds. The Bertz CT molecular complexity index is 817. The number of hydrogen-bond donors (Lipinski definition) is 1. The van der Waals surface area contributed by atoms with E-state index in [0.717, 1.165) is 53.2 Å². The number of fused-ring (bicyclic) bond motifs is 1. The first kappa shape index (κ1) is 22.7. The molecular weight excluding hydrogens is 487 g/mol. The minimum atomic E-state index is 0. The van der Waals surface area contributed by atoms with Crippen LogP contribution >= 0.6 is 35.3 Å². The number of halogens is 1. The zero-order valence-corrected chi connectivity index (χ0v) is 20.3. The number of benzene rings is 1. The normalized spacial score (nSPS) is 13.2. The fourth-order valence-electron chi connectivity index (χ4n) is 2.82. The van der Waals surface area contributed by atoms with Crippen molar-refractivity contribution in [3.63, 3.8) is 0 Å². The van der Waals surface area contributed by atoms with Crippen molar-refractivity contribution >= 4 is 41.3 Å². The van der Waals surface area contributed by atoms with Crippen LogP contribution in [0, 0.1) is 0 Å². The molecule has 1 aliphatic rings. The molecular formula is C20H29IN4O2S. The van der Waals surface area contributed by atoms with Gasteiger partial charge in [-0.05, 0) is 17.7 Å². The van der Waals surface area contributed by atoms with Gasteiger partial charge in [0.1, 0.15) is 0 Å². The average Bonchev–Trinajstić information content (AvgIpc) is 3.27. The van der Waals surface area contributed by atoms with Gasteiger partial charge in [0.2, 0.25) is 6.79 Å². The molecule has 0 bridgehead atoms. The minimum Gasteiger partial charge on any atom is -0.454 e. The molecule has 0 saturated carbocycles. The standard InChI is InChI=1S/C20H28N4O2S.HI/c1-20(2,3)17-12-27-18(23-17)8-9-22-19(21-4)24(5)11-14-6-7-15-16(10-14)26-13-25-15;/h6-7,10,12H,8-9,11,13H2,1-5H3,(H,21,22);1H. The molecule has 154 valence electrons. The van der Waals surface area contributed by atoms with Gasteiger partial charge < -0.3 is 19.7 Å². The quantitative estimate of drug-likeness (QED) is 0.370. The highest BCUT2D eigenvalue weighted by Crippen LogP contribution is 2.32. The monoisotopic (exact) mass is 516 g/mol. The number of rotatable bonds is 5. The van der Waals surface area contributed by atoms with Gasteiger partial charge in [-0.25, -0.2) is 4.98 Å². The van der Waals surface area contributed by atoms with Crippen LogP contribution in [0.5, 0.6) is 11.5 Å². The van der Waals surface area contributed by atoms with Crippen molar-refractivity contribution in [2.24, 2.45) is 4.99 Å². The summed E-state index contributed by atoms with van der Waals surface area (Å²) in [5.74, 6) is 2.48. The number of ether oxygens (including phenoxy) is 2. The third-order valence-corrected chi connectivity index (χ3v) is 5.28. The second-order valence-corrected chi connectivity index (χ2v) is 8.59. The minimum absolute atomic E-state index is 0. The number of aromatic nitrogens is 1. The van der Waals surface area contributed by atoms with Gasteiger partial charge in [0.15, 0.2) is 17.5 Å². The summed E-state index contributed by atoms with van der Waals surface area (Å²) in [5.41, 5.74) is 2.41. The molecule has 8 heteroatoms. The summed E-state index contributed by atoms with van der Waals surface area (Å²) in [4.78, 5) is 11.2. The maximum Gasteiger partial charge on any atom is 0.231 e. The van der Waals surface area contributed by atoms with Crippen LogP contribution in [0.4, 0.5) is 0 Å². The Hall–Kier alpha value is -1.55. The summed E-state index contributed by atoms with van der Waals surface area (Å²) in [5, 5.41) is 6.74. The fourth-order valence-corrected chi connectivity index (χ4v) is 3.85. The molecule has 2 aromatic rings. The Labute approximate surface area is 188 Å². The predicted molar refractivity (Wildman–Crippen MR) is 125 cm³/mol.